The molecule has 0 atom stereocenters. The normalized spacial score (nSPS) is 10.6. The van der Waals surface area contributed by atoms with Gasteiger partial charge in [-0.1, -0.05) is 13.3 Å². The van der Waals surface area contributed by atoms with Gasteiger partial charge in [0.2, 0.25) is 5.91 Å². The van der Waals surface area contributed by atoms with Gasteiger partial charge >= 0.3 is 5.88 Å². The predicted octanol–water partition coefficient (Wildman–Crippen LogP) is 1.83. The van der Waals surface area contributed by atoms with E-state index in [-0.39, 0.29) is 17.6 Å². The summed E-state index contributed by atoms with van der Waals surface area (Å²) in [6, 6.07) is 2.63. The number of rotatable bonds is 6. The number of nitrogens with one attached hydrogen (secondary N) is 1. The summed E-state index contributed by atoms with van der Waals surface area (Å²) in [5, 5.41) is 13.9. The maximum atomic E-state index is 11.1. The Morgan fingerprint density at radius 2 is 2.41 bits per heavy atom. The van der Waals surface area contributed by atoms with Gasteiger partial charge in [0.1, 0.15) is 4.92 Å². The van der Waals surface area contributed by atoms with E-state index in [0.717, 1.165) is 12.8 Å². The zero-order valence-electron chi connectivity index (χ0n) is 9.38. The fourth-order valence-electron chi connectivity index (χ4n) is 1.07. The maximum Gasteiger partial charge on any atom is 0.433 e. The van der Waals surface area contributed by atoms with Crippen LogP contribution in [-0.2, 0) is 4.79 Å². The van der Waals surface area contributed by atoms with Crippen molar-refractivity contribution in [2.75, 3.05) is 0 Å². The Labute approximate surface area is 97.6 Å². The van der Waals surface area contributed by atoms with E-state index < -0.39 is 4.92 Å². The van der Waals surface area contributed by atoms with Crippen LogP contribution in [-0.4, -0.2) is 17.0 Å². The van der Waals surface area contributed by atoms with E-state index in [0.29, 0.717) is 6.42 Å². The molecular weight excluding hydrogens is 226 g/mol. The third kappa shape index (κ3) is 4.45. The van der Waals surface area contributed by atoms with Gasteiger partial charge in [0.05, 0.1) is 12.3 Å². The van der Waals surface area contributed by atoms with Crippen LogP contribution in [0.1, 0.15) is 31.9 Å². The number of hydrazone groups is 1. The molecule has 0 aliphatic carbocycles. The van der Waals surface area contributed by atoms with Crippen LogP contribution in [0.2, 0.25) is 0 Å². The summed E-state index contributed by atoms with van der Waals surface area (Å²) in [4.78, 5) is 20.8. The molecule has 1 N–H and O–H groups in total. The van der Waals surface area contributed by atoms with Crippen molar-refractivity contribution >= 4 is 18.0 Å². The lowest BCUT2D eigenvalue weighted by atomic mass is 10.2. The summed E-state index contributed by atoms with van der Waals surface area (Å²) in [6.45, 7) is 1.98. The Morgan fingerprint density at radius 1 is 1.65 bits per heavy atom. The van der Waals surface area contributed by atoms with E-state index in [9.17, 15) is 14.9 Å². The molecule has 7 nitrogen and oxygen atoms in total. The molecule has 17 heavy (non-hydrogen) atoms. The Morgan fingerprint density at radius 3 is 3.00 bits per heavy atom. The first-order valence-corrected chi connectivity index (χ1v) is 5.19. The molecule has 0 unspecified atom stereocenters. The highest BCUT2D eigenvalue weighted by Gasteiger charge is 2.10. The average Bonchev–Trinajstić information content (AvgIpc) is 2.75. The van der Waals surface area contributed by atoms with Crippen molar-refractivity contribution in [3.05, 3.63) is 28.0 Å². The number of furan rings is 1. The molecule has 0 spiro atoms. The molecule has 0 aliphatic rings. The van der Waals surface area contributed by atoms with E-state index in [1.54, 1.807) is 0 Å². The van der Waals surface area contributed by atoms with Gasteiger partial charge in [-0.25, -0.2) is 5.43 Å². The molecule has 1 amide bonds. The first-order chi connectivity index (χ1) is 8.13. The molecule has 0 fully saturated rings. The molecule has 1 rings (SSSR count). The molecule has 0 saturated carbocycles. The molecule has 0 aliphatic heterocycles. The first kappa shape index (κ1) is 12.9. The molecule has 1 aromatic heterocycles. The van der Waals surface area contributed by atoms with Gasteiger partial charge in [-0.3, -0.25) is 14.9 Å². The number of nitro groups is 1. The molecule has 0 radical (unpaired) electrons. The fourth-order valence-corrected chi connectivity index (χ4v) is 1.07. The van der Waals surface area contributed by atoms with E-state index in [2.05, 4.69) is 10.5 Å². The number of unbranched alkanes of at least 4 members (excludes halogenated alkanes) is 1. The van der Waals surface area contributed by atoms with Crippen LogP contribution in [0, 0.1) is 10.1 Å². The van der Waals surface area contributed by atoms with E-state index in [1.165, 1.54) is 18.3 Å². The molecule has 92 valence electrons. The number of amides is 1. The summed E-state index contributed by atoms with van der Waals surface area (Å²) in [6.07, 6.45) is 3.36. The second kappa shape index (κ2) is 6.41. The van der Waals surface area contributed by atoms with Crippen molar-refractivity contribution in [1.82, 2.24) is 5.43 Å². The van der Waals surface area contributed by atoms with Crippen LogP contribution >= 0.6 is 0 Å². The highest BCUT2D eigenvalue weighted by Crippen LogP contribution is 2.13. The van der Waals surface area contributed by atoms with Crippen LogP contribution in [0.15, 0.2) is 21.7 Å². The molecule has 1 heterocycles. The number of carbonyl (C=O) groups is 1. The van der Waals surface area contributed by atoms with Gasteiger partial charge in [-0.15, -0.1) is 0 Å². The van der Waals surface area contributed by atoms with E-state index in [4.69, 9.17) is 4.42 Å². The van der Waals surface area contributed by atoms with Gasteiger partial charge in [0.25, 0.3) is 0 Å². The van der Waals surface area contributed by atoms with E-state index in [1.807, 2.05) is 6.92 Å². The minimum atomic E-state index is -0.642. The third-order valence-electron chi connectivity index (χ3n) is 1.93. The zero-order valence-corrected chi connectivity index (χ0v) is 9.38. The van der Waals surface area contributed by atoms with Gasteiger partial charge in [0.15, 0.2) is 5.76 Å². The predicted molar refractivity (Wildman–Crippen MR) is 60.6 cm³/mol. The highest BCUT2D eigenvalue weighted by atomic mass is 16.6. The fraction of sp³-hybridized carbons (Fsp3) is 0.400. The number of nitrogens with zero attached hydrogens (tertiary/aromatic N) is 2. The first-order valence-electron chi connectivity index (χ1n) is 5.19. The van der Waals surface area contributed by atoms with Gasteiger partial charge in [0, 0.05) is 6.42 Å². The number of hydrogen-bond donors (Lipinski definition) is 1. The standard InChI is InChI=1S/C10H13N3O4/c1-2-3-4-9(14)12-11-7-8-5-6-10(17-8)13(15)16/h5-7H,2-4H2,1H3,(H,12,14). The Kier molecular flexibility index (Phi) is 4.86. The zero-order chi connectivity index (χ0) is 12.7. The maximum absolute atomic E-state index is 11.1. The van der Waals surface area contributed by atoms with Crippen molar-refractivity contribution in [2.24, 2.45) is 5.10 Å². The van der Waals surface area contributed by atoms with Crippen LogP contribution in [0.25, 0.3) is 0 Å². The van der Waals surface area contributed by atoms with Crippen molar-refractivity contribution in [2.45, 2.75) is 26.2 Å². The van der Waals surface area contributed by atoms with Gasteiger partial charge in [-0.2, -0.15) is 5.10 Å². The minimum Gasteiger partial charge on any atom is -0.400 e. The van der Waals surface area contributed by atoms with Crippen LogP contribution < -0.4 is 5.43 Å². The quantitative estimate of drug-likeness (QED) is 0.465. The monoisotopic (exact) mass is 239 g/mol. The Hall–Kier alpha value is -2.18. The number of carbonyl (C=O) groups excluding carboxylic acids is 1. The highest BCUT2D eigenvalue weighted by molar-refractivity contribution is 5.80. The molecule has 0 bridgehead atoms. The van der Waals surface area contributed by atoms with Gasteiger partial charge < -0.3 is 4.42 Å². The molecule has 0 saturated heterocycles. The van der Waals surface area contributed by atoms with Crippen molar-refractivity contribution in [3.8, 4) is 0 Å². The second-order valence-corrected chi connectivity index (χ2v) is 3.33. The second-order valence-electron chi connectivity index (χ2n) is 3.33. The Bertz CT molecular complexity index is 425. The summed E-state index contributed by atoms with van der Waals surface area (Å²) in [7, 11) is 0. The average molecular weight is 239 g/mol. The van der Waals surface area contributed by atoms with Crippen molar-refractivity contribution < 1.29 is 14.1 Å². The molecular formula is C10H13N3O4. The van der Waals surface area contributed by atoms with Crippen molar-refractivity contribution in [3.63, 3.8) is 0 Å². The van der Waals surface area contributed by atoms with Crippen LogP contribution in [0.4, 0.5) is 5.88 Å². The summed E-state index contributed by atoms with van der Waals surface area (Å²) >= 11 is 0. The smallest absolute Gasteiger partial charge is 0.400 e. The van der Waals surface area contributed by atoms with E-state index >= 15 is 0 Å². The molecule has 1 aromatic rings. The lowest BCUT2D eigenvalue weighted by molar-refractivity contribution is -0.402. The topological polar surface area (TPSA) is 97.7 Å². The summed E-state index contributed by atoms with van der Waals surface area (Å²) in [5.74, 6) is -0.333. The van der Waals surface area contributed by atoms with Crippen molar-refractivity contribution in [1.29, 1.82) is 0 Å². The summed E-state index contributed by atoms with van der Waals surface area (Å²) in [5.41, 5.74) is 2.31. The Balaban J connectivity index is 2.42. The van der Waals surface area contributed by atoms with Crippen LogP contribution in [0.5, 0.6) is 0 Å². The number of hydrogen-bond acceptors (Lipinski definition) is 5. The summed E-state index contributed by atoms with van der Waals surface area (Å²) < 4.78 is 4.81. The lowest BCUT2D eigenvalue weighted by Crippen LogP contribution is -2.16. The minimum absolute atomic E-state index is 0.191. The lowest BCUT2D eigenvalue weighted by Gasteiger charge is -1.96. The molecule has 7 heteroatoms. The molecule has 0 aromatic carbocycles. The largest absolute Gasteiger partial charge is 0.433 e. The third-order valence-corrected chi connectivity index (χ3v) is 1.93. The van der Waals surface area contributed by atoms with Crippen LogP contribution in [0.3, 0.4) is 0 Å². The SMILES string of the molecule is CCCCC(=O)NN=Cc1ccc([N+](=O)[O-])o1. The van der Waals surface area contributed by atoms with Gasteiger partial charge in [-0.05, 0) is 12.5 Å².